The molecule has 2 rings (SSSR count). The Kier molecular flexibility index (Phi) is 3.71. The highest BCUT2D eigenvalue weighted by Crippen LogP contribution is 2.16. The minimum Gasteiger partial charge on any atom is -0.381 e. The van der Waals surface area contributed by atoms with Crippen molar-refractivity contribution in [1.29, 1.82) is 5.26 Å². The molecule has 2 aromatic carbocycles. The van der Waals surface area contributed by atoms with Crippen LogP contribution < -0.4 is 5.32 Å². The third kappa shape index (κ3) is 3.05. The summed E-state index contributed by atoms with van der Waals surface area (Å²) >= 11 is 0. The fraction of sp³-hybridized carbons (Fsp3) is 0.0714. The Morgan fingerprint density at radius 3 is 2.42 bits per heavy atom. The van der Waals surface area contributed by atoms with E-state index in [0.29, 0.717) is 5.69 Å². The Morgan fingerprint density at radius 2 is 1.79 bits per heavy atom. The lowest BCUT2D eigenvalue weighted by molar-refractivity contribution is 0.574. The highest BCUT2D eigenvalue weighted by molar-refractivity contribution is 5.48. The zero-order valence-corrected chi connectivity index (χ0v) is 9.75. The lowest BCUT2D eigenvalue weighted by Crippen LogP contribution is -2.02. The second kappa shape index (κ2) is 5.44. The van der Waals surface area contributed by atoms with E-state index in [9.17, 15) is 13.2 Å². The van der Waals surface area contributed by atoms with Gasteiger partial charge in [0.1, 0.15) is 23.5 Å². The summed E-state index contributed by atoms with van der Waals surface area (Å²) in [6, 6.07) is 8.97. The van der Waals surface area contributed by atoms with Gasteiger partial charge in [0, 0.05) is 23.9 Å². The van der Waals surface area contributed by atoms with Crippen molar-refractivity contribution in [2.75, 3.05) is 5.32 Å². The average molecular weight is 262 g/mol. The molecule has 19 heavy (non-hydrogen) atoms. The molecule has 5 heteroatoms. The van der Waals surface area contributed by atoms with Crippen molar-refractivity contribution in [3.8, 4) is 6.07 Å². The molecule has 0 aromatic heterocycles. The lowest BCUT2D eigenvalue weighted by Gasteiger charge is -2.08. The second-order valence-corrected chi connectivity index (χ2v) is 3.90. The van der Waals surface area contributed by atoms with Gasteiger partial charge in [-0.15, -0.1) is 0 Å². The fourth-order valence-electron chi connectivity index (χ4n) is 1.58. The van der Waals surface area contributed by atoms with Crippen LogP contribution in [0, 0.1) is 28.8 Å². The van der Waals surface area contributed by atoms with E-state index in [1.165, 1.54) is 18.2 Å². The topological polar surface area (TPSA) is 35.8 Å². The van der Waals surface area contributed by atoms with Crippen LogP contribution in [-0.2, 0) is 6.54 Å². The van der Waals surface area contributed by atoms with Gasteiger partial charge in [-0.2, -0.15) is 5.26 Å². The molecule has 1 N–H and O–H groups in total. The van der Waals surface area contributed by atoms with E-state index < -0.39 is 17.5 Å². The molecule has 0 atom stereocenters. The number of nitrogens with zero attached hydrogens (tertiary/aromatic N) is 1. The second-order valence-electron chi connectivity index (χ2n) is 3.90. The van der Waals surface area contributed by atoms with E-state index in [2.05, 4.69) is 5.32 Å². The van der Waals surface area contributed by atoms with E-state index in [1.54, 1.807) is 6.07 Å². The predicted octanol–water partition coefficient (Wildman–Crippen LogP) is 3.59. The summed E-state index contributed by atoms with van der Waals surface area (Å²) in [5, 5.41) is 11.4. The molecule has 0 saturated heterocycles. The molecule has 2 nitrogen and oxygen atoms in total. The molecule has 0 radical (unpaired) electrons. The van der Waals surface area contributed by atoms with Gasteiger partial charge in [-0.25, -0.2) is 13.2 Å². The number of rotatable bonds is 3. The Balaban J connectivity index is 2.10. The molecule has 0 aliphatic rings. The summed E-state index contributed by atoms with van der Waals surface area (Å²) in [4.78, 5) is 0. The number of hydrogen-bond donors (Lipinski definition) is 1. The lowest BCUT2D eigenvalue weighted by atomic mass is 10.2. The van der Waals surface area contributed by atoms with E-state index >= 15 is 0 Å². The number of halogens is 3. The molecule has 2 aromatic rings. The molecule has 0 unspecified atom stereocenters. The summed E-state index contributed by atoms with van der Waals surface area (Å²) in [5.74, 6) is -1.96. The third-order valence-corrected chi connectivity index (χ3v) is 2.59. The fourth-order valence-corrected chi connectivity index (χ4v) is 1.58. The average Bonchev–Trinajstić information content (AvgIpc) is 2.38. The van der Waals surface area contributed by atoms with E-state index in [0.717, 1.165) is 18.2 Å². The molecule has 0 bridgehead atoms. The van der Waals surface area contributed by atoms with Gasteiger partial charge in [-0.05, 0) is 24.3 Å². The van der Waals surface area contributed by atoms with Crippen LogP contribution in [-0.4, -0.2) is 0 Å². The molecule has 96 valence electrons. The zero-order chi connectivity index (χ0) is 13.8. The van der Waals surface area contributed by atoms with Crippen molar-refractivity contribution >= 4 is 5.69 Å². The standard InChI is InChI=1S/C14H9F3N2/c15-11-3-1-10(13(16)5-11)8-19-12-4-2-9(7-18)14(17)6-12/h1-6,19H,8H2. The van der Waals surface area contributed by atoms with Crippen molar-refractivity contribution in [2.24, 2.45) is 0 Å². The number of benzene rings is 2. The van der Waals surface area contributed by atoms with Crippen LogP contribution in [0.25, 0.3) is 0 Å². The van der Waals surface area contributed by atoms with E-state index in [-0.39, 0.29) is 17.7 Å². The maximum absolute atomic E-state index is 13.4. The summed E-state index contributed by atoms with van der Waals surface area (Å²) in [6.45, 7) is 0.0947. The number of nitriles is 1. The van der Waals surface area contributed by atoms with Gasteiger partial charge >= 0.3 is 0 Å². The number of nitrogens with one attached hydrogen (secondary N) is 1. The van der Waals surface area contributed by atoms with Crippen molar-refractivity contribution in [2.45, 2.75) is 6.54 Å². The van der Waals surface area contributed by atoms with E-state index in [4.69, 9.17) is 5.26 Å². The van der Waals surface area contributed by atoms with Crippen LogP contribution in [0.15, 0.2) is 36.4 Å². The van der Waals surface area contributed by atoms with Crippen LogP contribution in [0.5, 0.6) is 0 Å². The quantitative estimate of drug-likeness (QED) is 0.917. The zero-order valence-electron chi connectivity index (χ0n) is 9.75. The molecule has 0 fully saturated rings. The first-order chi connectivity index (χ1) is 9.10. The van der Waals surface area contributed by atoms with Gasteiger partial charge in [-0.1, -0.05) is 6.07 Å². The molecule has 0 aliphatic heterocycles. The van der Waals surface area contributed by atoms with Crippen molar-refractivity contribution in [3.05, 3.63) is 65.0 Å². The Hall–Kier alpha value is -2.48. The maximum atomic E-state index is 13.4. The monoisotopic (exact) mass is 262 g/mol. The first-order valence-corrected chi connectivity index (χ1v) is 5.47. The Bertz CT molecular complexity index is 648. The van der Waals surface area contributed by atoms with Gasteiger partial charge in [0.05, 0.1) is 5.56 Å². The predicted molar refractivity (Wildman–Crippen MR) is 64.8 cm³/mol. The van der Waals surface area contributed by atoms with Crippen LogP contribution >= 0.6 is 0 Å². The van der Waals surface area contributed by atoms with Crippen LogP contribution in [0.4, 0.5) is 18.9 Å². The van der Waals surface area contributed by atoms with Gasteiger partial charge < -0.3 is 5.32 Å². The van der Waals surface area contributed by atoms with Gasteiger partial charge in [-0.3, -0.25) is 0 Å². The van der Waals surface area contributed by atoms with Crippen LogP contribution in [0.3, 0.4) is 0 Å². The first kappa shape index (κ1) is 13.0. The summed E-state index contributed by atoms with van der Waals surface area (Å²) in [5.41, 5.74) is 0.630. The minimum atomic E-state index is -0.665. The smallest absolute Gasteiger partial charge is 0.143 e. The maximum Gasteiger partial charge on any atom is 0.143 e. The summed E-state index contributed by atoms with van der Waals surface area (Å²) in [7, 11) is 0. The number of hydrogen-bond acceptors (Lipinski definition) is 2. The normalized spacial score (nSPS) is 10.0. The highest BCUT2D eigenvalue weighted by atomic mass is 19.1. The first-order valence-electron chi connectivity index (χ1n) is 5.47. The van der Waals surface area contributed by atoms with Crippen LogP contribution in [0.2, 0.25) is 0 Å². The summed E-state index contributed by atoms with van der Waals surface area (Å²) < 4.78 is 39.4. The van der Waals surface area contributed by atoms with Gasteiger partial charge in [0.25, 0.3) is 0 Å². The molecule has 0 spiro atoms. The number of anilines is 1. The van der Waals surface area contributed by atoms with E-state index in [1.807, 2.05) is 0 Å². The van der Waals surface area contributed by atoms with Gasteiger partial charge in [0.15, 0.2) is 0 Å². The highest BCUT2D eigenvalue weighted by Gasteiger charge is 2.05. The molecule has 0 aliphatic carbocycles. The minimum absolute atomic E-state index is 0.0569. The summed E-state index contributed by atoms with van der Waals surface area (Å²) in [6.07, 6.45) is 0. The van der Waals surface area contributed by atoms with Crippen molar-refractivity contribution in [3.63, 3.8) is 0 Å². The molecule has 0 heterocycles. The van der Waals surface area contributed by atoms with Crippen LogP contribution in [0.1, 0.15) is 11.1 Å². The Morgan fingerprint density at radius 1 is 1.00 bits per heavy atom. The van der Waals surface area contributed by atoms with Crippen molar-refractivity contribution in [1.82, 2.24) is 0 Å². The largest absolute Gasteiger partial charge is 0.381 e. The Labute approximate surface area is 108 Å². The third-order valence-electron chi connectivity index (χ3n) is 2.59. The van der Waals surface area contributed by atoms with Gasteiger partial charge in [0.2, 0.25) is 0 Å². The molecule has 0 saturated carbocycles. The van der Waals surface area contributed by atoms with Crippen molar-refractivity contribution < 1.29 is 13.2 Å². The molecule has 0 amide bonds. The molecular formula is C14H9F3N2. The SMILES string of the molecule is N#Cc1ccc(NCc2ccc(F)cc2F)cc1F. The molecular weight excluding hydrogens is 253 g/mol.